The normalized spacial score (nSPS) is 28.8. The summed E-state index contributed by atoms with van der Waals surface area (Å²) in [5.74, 6) is -9.97. The summed E-state index contributed by atoms with van der Waals surface area (Å²) < 4.78 is 0. The van der Waals surface area contributed by atoms with E-state index in [-0.39, 0.29) is 17.7 Å². The van der Waals surface area contributed by atoms with Crippen molar-refractivity contribution in [2.24, 2.45) is 17.6 Å². The van der Waals surface area contributed by atoms with Crippen LogP contribution in [0, 0.1) is 11.8 Å². The van der Waals surface area contributed by atoms with Gasteiger partial charge in [0.1, 0.15) is 22.8 Å². The molecule has 0 saturated heterocycles. The van der Waals surface area contributed by atoms with Crippen LogP contribution >= 0.6 is 0 Å². The maximum atomic E-state index is 14.1. The minimum atomic E-state index is -2.99. The van der Waals surface area contributed by atoms with Gasteiger partial charge < -0.3 is 36.6 Å². The van der Waals surface area contributed by atoms with Gasteiger partial charge in [0.2, 0.25) is 5.78 Å². The lowest BCUT2D eigenvalue weighted by Gasteiger charge is -2.53. The van der Waals surface area contributed by atoms with E-state index >= 15 is 0 Å². The highest BCUT2D eigenvalue weighted by atomic mass is 16.4. The number of ketones is 2. The second-order valence-electron chi connectivity index (χ2n) is 11.1. The van der Waals surface area contributed by atoms with Crippen LogP contribution in [-0.2, 0) is 20.9 Å². The summed E-state index contributed by atoms with van der Waals surface area (Å²) in [6.45, 7) is 1.51. The number of likely N-dealkylation sites (N-methyl/N-ethyl adjacent to an activating group) is 1. The zero-order valence-electron chi connectivity index (χ0n) is 23.0. The van der Waals surface area contributed by atoms with Gasteiger partial charge in [0, 0.05) is 29.2 Å². The fraction of sp³-hybridized carbons (Fsp3) is 0.333. The van der Waals surface area contributed by atoms with Crippen molar-refractivity contribution in [3.63, 3.8) is 0 Å². The number of aliphatic hydroxyl groups excluding tert-OH is 3. The summed E-state index contributed by atoms with van der Waals surface area (Å²) >= 11 is 0. The number of aromatic hydroxyl groups is 1. The Hall–Kier alpha value is -4.52. The lowest BCUT2D eigenvalue weighted by molar-refractivity contribution is -0.169. The Labute approximate surface area is 240 Å². The summed E-state index contributed by atoms with van der Waals surface area (Å²) in [6.07, 6.45) is -1.67. The number of nitrogens with two attached hydrogens (primary N) is 1. The van der Waals surface area contributed by atoms with Crippen molar-refractivity contribution in [3.05, 3.63) is 81.6 Å². The highest BCUT2D eigenvalue weighted by Gasteiger charge is 2.68. The second-order valence-corrected chi connectivity index (χ2v) is 11.1. The van der Waals surface area contributed by atoms with E-state index in [2.05, 4.69) is 5.32 Å². The fourth-order valence-electron chi connectivity index (χ4n) is 6.67. The zero-order valence-corrected chi connectivity index (χ0v) is 23.0. The van der Waals surface area contributed by atoms with Gasteiger partial charge in [-0.2, -0.15) is 0 Å². The standard InChI is InChI=1S/C30H31N3O9/c1-12-15-10-9-14(11-32-29(41)13-7-5-4-6-8-13)22(34)17(15)23(35)18-16(12)24(36)20-21(33(2)3)25(37)19(28(31)40)27(39)30(20,42)26(18)38/h4-10,12,16,20-21,24,34-36,39,42H,11H2,1-3H3,(H2,31,40)(H,32,41)/t12-,16+,20+,21-,24-,30-/m0/s1. The van der Waals surface area contributed by atoms with Crippen LogP contribution in [0.5, 0.6) is 5.75 Å². The molecule has 8 N–H and O–H groups in total. The van der Waals surface area contributed by atoms with E-state index in [1.54, 1.807) is 49.4 Å². The quantitative estimate of drug-likeness (QED) is 0.244. The summed E-state index contributed by atoms with van der Waals surface area (Å²) in [5, 5.41) is 59.7. The Morgan fingerprint density at radius 3 is 2.29 bits per heavy atom. The summed E-state index contributed by atoms with van der Waals surface area (Å²) in [5.41, 5.74) is 1.73. The first-order valence-corrected chi connectivity index (χ1v) is 13.3. The molecule has 2 aromatic carbocycles. The molecule has 2 amide bonds. The van der Waals surface area contributed by atoms with Crippen LogP contribution in [0.15, 0.2) is 59.4 Å². The van der Waals surface area contributed by atoms with Gasteiger partial charge in [-0.3, -0.25) is 24.1 Å². The fourth-order valence-corrected chi connectivity index (χ4v) is 6.67. The number of Topliss-reactive ketones (excluding diaryl/α,β-unsaturated/α-hetero) is 2. The van der Waals surface area contributed by atoms with E-state index in [1.807, 2.05) is 0 Å². The van der Waals surface area contributed by atoms with Crippen LogP contribution in [0.1, 0.15) is 39.9 Å². The van der Waals surface area contributed by atoms with Crippen molar-refractivity contribution in [1.82, 2.24) is 10.2 Å². The molecule has 0 bridgehead atoms. The highest BCUT2D eigenvalue weighted by Crippen LogP contribution is 2.56. The van der Waals surface area contributed by atoms with Gasteiger partial charge in [-0.05, 0) is 37.7 Å². The number of primary amides is 1. The molecule has 12 nitrogen and oxygen atoms in total. The Morgan fingerprint density at radius 1 is 1.05 bits per heavy atom. The van der Waals surface area contributed by atoms with Gasteiger partial charge in [0.15, 0.2) is 11.4 Å². The third kappa shape index (κ3) is 3.94. The third-order valence-electron chi connectivity index (χ3n) is 8.69. The van der Waals surface area contributed by atoms with Crippen molar-refractivity contribution in [3.8, 4) is 5.75 Å². The molecule has 220 valence electrons. The Kier molecular flexibility index (Phi) is 6.96. The topological polar surface area (TPSA) is 211 Å². The number of carbonyl (C=O) groups is 4. The number of hydrogen-bond acceptors (Lipinski definition) is 10. The van der Waals surface area contributed by atoms with E-state index in [1.165, 1.54) is 19.0 Å². The molecule has 5 rings (SSSR count). The predicted molar refractivity (Wildman–Crippen MR) is 148 cm³/mol. The summed E-state index contributed by atoms with van der Waals surface area (Å²) in [6, 6.07) is 10.1. The highest BCUT2D eigenvalue weighted by molar-refractivity contribution is 6.24. The van der Waals surface area contributed by atoms with Crippen molar-refractivity contribution < 1.29 is 44.7 Å². The summed E-state index contributed by atoms with van der Waals surface area (Å²) in [7, 11) is 2.89. The molecule has 2 aromatic rings. The number of nitrogens with one attached hydrogen (secondary N) is 1. The molecule has 0 unspecified atom stereocenters. The monoisotopic (exact) mass is 577 g/mol. The van der Waals surface area contributed by atoms with E-state index in [0.717, 1.165) is 0 Å². The first kappa shape index (κ1) is 29.0. The van der Waals surface area contributed by atoms with Gasteiger partial charge in [0.05, 0.1) is 23.6 Å². The number of amides is 2. The maximum Gasteiger partial charge on any atom is 0.255 e. The van der Waals surface area contributed by atoms with E-state index in [9.17, 15) is 44.7 Å². The lowest BCUT2D eigenvalue weighted by Crippen LogP contribution is -2.70. The van der Waals surface area contributed by atoms with E-state index < -0.39 is 87.3 Å². The minimum absolute atomic E-state index is 0.131. The Morgan fingerprint density at radius 2 is 1.69 bits per heavy atom. The number of fused-ring (bicyclic) bond motifs is 3. The average Bonchev–Trinajstić information content (AvgIpc) is 2.94. The number of phenols is 1. The SMILES string of the molecule is C[C@H]1c2ccc(CNC(=O)c3ccccc3)c(O)c2C(O)=C2C(=O)[C@]3(O)C(O)=C(C(N)=O)C(=O)[C@@H](N(C)C)[C@@H]3[C@@H](O)[C@@H]21. The number of hydrogen-bond donors (Lipinski definition) is 7. The minimum Gasteiger partial charge on any atom is -0.508 e. The number of carbonyl (C=O) groups excluding carboxylic acids is 4. The Balaban J connectivity index is 1.63. The van der Waals surface area contributed by atoms with E-state index in [0.29, 0.717) is 11.1 Å². The molecule has 12 heteroatoms. The average molecular weight is 578 g/mol. The van der Waals surface area contributed by atoms with Crippen LogP contribution in [0.3, 0.4) is 0 Å². The molecule has 3 aliphatic carbocycles. The number of benzene rings is 2. The van der Waals surface area contributed by atoms with Crippen LogP contribution in [0.25, 0.3) is 5.76 Å². The predicted octanol–water partition coefficient (Wildman–Crippen LogP) is 0.426. The van der Waals surface area contributed by atoms with Crippen molar-refractivity contribution >= 4 is 29.1 Å². The summed E-state index contributed by atoms with van der Waals surface area (Å²) in [4.78, 5) is 53.3. The molecule has 1 saturated carbocycles. The molecule has 3 aliphatic rings. The molecule has 6 atom stereocenters. The third-order valence-corrected chi connectivity index (χ3v) is 8.69. The van der Waals surface area contributed by atoms with Gasteiger partial charge in [0.25, 0.3) is 11.8 Å². The number of nitrogens with zero attached hydrogens (tertiary/aromatic N) is 1. The molecular formula is C30H31N3O9. The smallest absolute Gasteiger partial charge is 0.255 e. The van der Waals surface area contributed by atoms with Crippen LogP contribution < -0.4 is 11.1 Å². The first-order chi connectivity index (χ1) is 19.7. The maximum absolute atomic E-state index is 14.1. The molecule has 0 spiro atoms. The Bertz CT molecular complexity index is 1600. The molecule has 0 aromatic heterocycles. The van der Waals surface area contributed by atoms with Gasteiger partial charge in [-0.1, -0.05) is 37.3 Å². The largest absolute Gasteiger partial charge is 0.508 e. The molecule has 0 radical (unpaired) electrons. The molecule has 42 heavy (non-hydrogen) atoms. The van der Waals surface area contributed by atoms with Crippen LogP contribution in [0.4, 0.5) is 0 Å². The van der Waals surface area contributed by atoms with Crippen molar-refractivity contribution in [2.75, 3.05) is 14.1 Å². The van der Waals surface area contributed by atoms with Crippen LogP contribution in [0.2, 0.25) is 0 Å². The van der Waals surface area contributed by atoms with Crippen molar-refractivity contribution in [2.45, 2.75) is 37.1 Å². The van der Waals surface area contributed by atoms with Gasteiger partial charge in [-0.25, -0.2) is 0 Å². The first-order valence-electron chi connectivity index (χ1n) is 13.3. The molecule has 1 fully saturated rings. The second kappa shape index (κ2) is 10.1. The molecule has 0 heterocycles. The number of phenolic OH excluding ortho intramolecular Hbond substituents is 1. The zero-order chi connectivity index (χ0) is 30.8. The van der Waals surface area contributed by atoms with Crippen molar-refractivity contribution in [1.29, 1.82) is 0 Å². The van der Waals surface area contributed by atoms with Gasteiger partial charge in [-0.15, -0.1) is 0 Å². The van der Waals surface area contributed by atoms with Crippen LogP contribution in [-0.4, -0.2) is 85.7 Å². The lowest BCUT2D eigenvalue weighted by atomic mass is 9.54. The van der Waals surface area contributed by atoms with E-state index in [4.69, 9.17) is 5.73 Å². The van der Waals surface area contributed by atoms with Gasteiger partial charge >= 0.3 is 0 Å². The molecular weight excluding hydrogens is 546 g/mol. The number of aliphatic hydroxyl groups is 4. The number of rotatable bonds is 5. The molecule has 0 aliphatic heterocycles.